The summed E-state index contributed by atoms with van der Waals surface area (Å²) < 4.78 is 44.2. The number of carbonyl (C=O) groups is 1. The van der Waals surface area contributed by atoms with Gasteiger partial charge in [0.25, 0.3) is 17.0 Å². The molecule has 8 nitrogen and oxygen atoms in total. The number of nitrogens with one attached hydrogen (secondary N) is 2. The van der Waals surface area contributed by atoms with Gasteiger partial charge in [-0.2, -0.15) is 13.2 Å². The topological polar surface area (TPSA) is 108 Å². The Hall–Kier alpha value is -3.47. The van der Waals surface area contributed by atoms with E-state index in [-0.39, 0.29) is 30.6 Å². The molecule has 1 aromatic carbocycles. The highest BCUT2D eigenvalue weighted by atomic mass is 19.4. The Bertz CT molecular complexity index is 1260. The summed E-state index contributed by atoms with van der Waals surface area (Å²) in [5.41, 5.74) is -2.79. The van der Waals surface area contributed by atoms with Gasteiger partial charge in [-0.25, -0.2) is 4.98 Å². The molecular formula is C21H19F3N4O4. The summed E-state index contributed by atoms with van der Waals surface area (Å²) in [5.74, 6) is -0.602. The lowest BCUT2D eigenvalue weighted by Gasteiger charge is -2.25. The van der Waals surface area contributed by atoms with E-state index in [0.29, 0.717) is 30.0 Å². The van der Waals surface area contributed by atoms with Crippen molar-refractivity contribution in [1.29, 1.82) is 0 Å². The fourth-order valence-electron chi connectivity index (χ4n) is 3.62. The van der Waals surface area contributed by atoms with Gasteiger partial charge < -0.3 is 19.6 Å². The van der Waals surface area contributed by atoms with Gasteiger partial charge in [0.2, 0.25) is 0 Å². The van der Waals surface area contributed by atoms with Gasteiger partial charge in [0, 0.05) is 13.2 Å². The number of carbonyl (C=O) groups excluding carboxylic acids is 1. The number of amides is 1. The predicted molar refractivity (Wildman–Crippen MR) is 108 cm³/mol. The van der Waals surface area contributed by atoms with E-state index in [1.165, 1.54) is 4.90 Å². The molecule has 168 valence electrons. The zero-order valence-electron chi connectivity index (χ0n) is 16.7. The lowest BCUT2D eigenvalue weighted by molar-refractivity contribution is -0.141. The summed E-state index contributed by atoms with van der Waals surface area (Å²) in [6.45, 7) is 0.466. The molecule has 1 fully saturated rings. The second-order valence-electron chi connectivity index (χ2n) is 7.46. The molecular weight excluding hydrogens is 429 g/mol. The molecule has 2 aromatic heterocycles. The highest BCUT2D eigenvalue weighted by molar-refractivity contribution is 5.93. The van der Waals surface area contributed by atoms with E-state index in [1.807, 2.05) is 0 Å². The first-order chi connectivity index (χ1) is 15.2. The normalized spacial score (nSPS) is 16.4. The molecule has 3 heterocycles. The van der Waals surface area contributed by atoms with Gasteiger partial charge in [-0.05, 0) is 37.1 Å². The zero-order chi connectivity index (χ0) is 22.9. The fraction of sp³-hybridized carbons (Fsp3) is 0.333. The molecule has 0 spiro atoms. The van der Waals surface area contributed by atoms with Crippen LogP contribution < -0.4 is 11.1 Å². The van der Waals surface area contributed by atoms with E-state index in [2.05, 4.69) is 9.97 Å². The number of para-hydroxylation sites is 1. The number of rotatable bonds is 5. The summed E-state index contributed by atoms with van der Waals surface area (Å²) in [5, 5.41) is 0.382. The number of hydrogen-bond donors (Lipinski definition) is 2. The van der Waals surface area contributed by atoms with E-state index in [0.717, 1.165) is 12.5 Å². The van der Waals surface area contributed by atoms with Gasteiger partial charge >= 0.3 is 6.18 Å². The van der Waals surface area contributed by atoms with Crippen LogP contribution >= 0.6 is 0 Å². The highest BCUT2D eigenvalue weighted by Gasteiger charge is 2.33. The van der Waals surface area contributed by atoms with Crippen LogP contribution in [0.2, 0.25) is 0 Å². The number of hydrogen-bond acceptors (Lipinski definition) is 5. The minimum absolute atomic E-state index is 0.0931. The average molecular weight is 448 g/mol. The molecule has 1 unspecified atom stereocenters. The van der Waals surface area contributed by atoms with Gasteiger partial charge in [0.1, 0.15) is 17.1 Å². The van der Waals surface area contributed by atoms with E-state index in [9.17, 15) is 27.6 Å². The quantitative estimate of drug-likeness (QED) is 0.624. The zero-order valence-corrected chi connectivity index (χ0v) is 16.7. The number of pyridine rings is 1. The van der Waals surface area contributed by atoms with Crippen LogP contribution in [0, 0.1) is 0 Å². The van der Waals surface area contributed by atoms with Crippen molar-refractivity contribution in [2.75, 3.05) is 13.2 Å². The number of nitrogens with zero attached hydrogens (tertiary/aromatic N) is 2. The number of fused-ring (bicyclic) bond motifs is 1. The number of H-pyrrole nitrogens is 2. The SMILES string of the molecule is O=C(c1ccc(C(F)(F)F)[nH]c1=O)N(Cc1nc2ccccc2c(=O)[nH]1)CC1CCCO1. The van der Waals surface area contributed by atoms with Crippen molar-refractivity contribution in [3.05, 3.63) is 74.2 Å². The Labute approximate surface area is 179 Å². The third kappa shape index (κ3) is 4.57. The average Bonchev–Trinajstić information content (AvgIpc) is 3.25. The molecule has 0 aliphatic carbocycles. The molecule has 1 aliphatic heterocycles. The number of ether oxygens (including phenoxy) is 1. The maximum absolute atomic E-state index is 13.1. The van der Waals surface area contributed by atoms with Crippen LogP contribution in [0.4, 0.5) is 13.2 Å². The second kappa shape index (κ2) is 8.58. The molecule has 0 radical (unpaired) electrons. The Morgan fingerprint density at radius 1 is 1.12 bits per heavy atom. The first-order valence-corrected chi connectivity index (χ1v) is 9.92. The summed E-state index contributed by atoms with van der Waals surface area (Å²) in [6, 6.07) is 8.18. The third-order valence-electron chi connectivity index (χ3n) is 5.18. The van der Waals surface area contributed by atoms with Crippen LogP contribution in [0.1, 0.15) is 34.7 Å². The summed E-state index contributed by atoms with van der Waals surface area (Å²) in [7, 11) is 0. The first-order valence-electron chi connectivity index (χ1n) is 9.92. The van der Waals surface area contributed by atoms with E-state index >= 15 is 0 Å². The molecule has 0 bridgehead atoms. The number of alkyl halides is 3. The monoisotopic (exact) mass is 448 g/mol. The highest BCUT2D eigenvalue weighted by Crippen LogP contribution is 2.26. The van der Waals surface area contributed by atoms with Crippen LogP contribution in [0.15, 0.2) is 46.0 Å². The minimum Gasteiger partial charge on any atom is -0.376 e. The maximum Gasteiger partial charge on any atom is 0.431 e. The molecule has 32 heavy (non-hydrogen) atoms. The molecule has 1 amide bonds. The number of halogens is 3. The molecule has 1 saturated heterocycles. The largest absolute Gasteiger partial charge is 0.431 e. The van der Waals surface area contributed by atoms with Crippen molar-refractivity contribution in [3.8, 4) is 0 Å². The minimum atomic E-state index is -4.74. The van der Waals surface area contributed by atoms with Crippen molar-refractivity contribution in [1.82, 2.24) is 19.9 Å². The van der Waals surface area contributed by atoms with Gasteiger partial charge in [-0.3, -0.25) is 14.4 Å². The lowest BCUT2D eigenvalue weighted by Crippen LogP contribution is -2.40. The molecule has 1 aliphatic rings. The van der Waals surface area contributed by atoms with Crippen LogP contribution in [0.25, 0.3) is 10.9 Å². The van der Waals surface area contributed by atoms with Gasteiger partial charge in [0.05, 0.1) is 23.6 Å². The smallest absolute Gasteiger partial charge is 0.376 e. The Balaban J connectivity index is 1.67. The Morgan fingerprint density at radius 2 is 1.91 bits per heavy atom. The van der Waals surface area contributed by atoms with E-state index in [1.54, 1.807) is 29.2 Å². The van der Waals surface area contributed by atoms with Gasteiger partial charge in [-0.15, -0.1) is 0 Å². The molecule has 3 aromatic rings. The van der Waals surface area contributed by atoms with Crippen molar-refractivity contribution >= 4 is 16.8 Å². The van der Waals surface area contributed by atoms with Crippen molar-refractivity contribution in [3.63, 3.8) is 0 Å². The van der Waals surface area contributed by atoms with Crippen molar-refractivity contribution in [2.24, 2.45) is 0 Å². The maximum atomic E-state index is 13.1. The summed E-state index contributed by atoms with van der Waals surface area (Å²) in [6.07, 6.45) is -3.54. The molecule has 11 heteroatoms. The van der Waals surface area contributed by atoms with Gasteiger partial charge in [-0.1, -0.05) is 12.1 Å². The fourth-order valence-corrected chi connectivity index (χ4v) is 3.62. The van der Waals surface area contributed by atoms with Gasteiger partial charge in [0.15, 0.2) is 0 Å². The molecule has 1 atom stereocenters. The Kier molecular flexibility index (Phi) is 5.83. The summed E-state index contributed by atoms with van der Waals surface area (Å²) >= 11 is 0. The van der Waals surface area contributed by atoms with Crippen molar-refractivity contribution < 1.29 is 22.7 Å². The first kappa shape index (κ1) is 21.8. The number of benzene rings is 1. The molecule has 2 N–H and O–H groups in total. The lowest BCUT2D eigenvalue weighted by atomic mass is 10.1. The molecule has 4 rings (SSSR count). The van der Waals surface area contributed by atoms with Crippen LogP contribution in [0.3, 0.4) is 0 Å². The predicted octanol–water partition coefficient (Wildman–Crippen LogP) is 2.45. The number of aromatic amines is 2. The molecule has 0 saturated carbocycles. The van der Waals surface area contributed by atoms with Crippen LogP contribution in [-0.2, 0) is 17.5 Å². The van der Waals surface area contributed by atoms with Crippen LogP contribution in [0.5, 0.6) is 0 Å². The summed E-state index contributed by atoms with van der Waals surface area (Å²) in [4.78, 5) is 47.7. The van der Waals surface area contributed by atoms with Crippen LogP contribution in [-0.4, -0.2) is 45.0 Å². The Morgan fingerprint density at radius 3 is 2.59 bits per heavy atom. The van der Waals surface area contributed by atoms with E-state index in [4.69, 9.17) is 4.74 Å². The number of aromatic nitrogens is 3. The second-order valence-corrected chi connectivity index (χ2v) is 7.46. The standard InChI is InChI=1S/C21H19F3N4O4/c22-21(23,24)16-8-7-14(19(30)26-16)20(31)28(10-12-4-3-9-32-12)11-17-25-15-6-2-1-5-13(15)18(29)27-17/h1-2,5-8,12H,3-4,9-11H2,(H,26,30)(H,25,27,29). The third-order valence-corrected chi connectivity index (χ3v) is 5.18. The van der Waals surface area contributed by atoms with Crippen molar-refractivity contribution in [2.45, 2.75) is 31.7 Å². The van der Waals surface area contributed by atoms with E-state index < -0.39 is 28.9 Å².